The first kappa shape index (κ1) is 23.8. The molecule has 0 saturated heterocycles. The Morgan fingerprint density at radius 1 is 1.13 bits per heavy atom. The van der Waals surface area contributed by atoms with Crippen LogP contribution in [-0.4, -0.2) is 51.0 Å². The molecule has 0 radical (unpaired) electrons. The van der Waals surface area contributed by atoms with Gasteiger partial charge in [-0.25, -0.2) is 4.79 Å². The first-order valence-corrected chi connectivity index (χ1v) is 9.97. The van der Waals surface area contributed by atoms with Crippen LogP contribution in [0.15, 0.2) is 30.5 Å². The van der Waals surface area contributed by atoms with Crippen molar-refractivity contribution in [2.75, 3.05) is 23.7 Å². The number of anilines is 2. The van der Waals surface area contributed by atoms with E-state index in [1.54, 1.807) is 45.2 Å². The van der Waals surface area contributed by atoms with Crippen LogP contribution in [0, 0.1) is 0 Å². The zero-order valence-corrected chi connectivity index (χ0v) is 17.5. The van der Waals surface area contributed by atoms with E-state index in [9.17, 15) is 14.7 Å². The molecular formula is C20H26N6O4S. The van der Waals surface area contributed by atoms with Crippen molar-refractivity contribution in [3.05, 3.63) is 36.0 Å². The highest BCUT2D eigenvalue weighted by Gasteiger charge is 2.17. The van der Waals surface area contributed by atoms with E-state index in [1.807, 2.05) is 0 Å². The number of alkyl carbamates (subject to hydrolysis) is 1. The van der Waals surface area contributed by atoms with Crippen molar-refractivity contribution in [2.45, 2.75) is 33.8 Å². The van der Waals surface area contributed by atoms with Crippen LogP contribution in [0.4, 0.5) is 15.1 Å². The van der Waals surface area contributed by atoms with Gasteiger partial charge in [0, 0.05) is 24.7 Å². The van der Waals surface area contributed by atoms with Crippen molar-refractivity contribution in [2.24, 2.45) is 0 Å². The summed E-state index contributed by atoms with van der Waals surface area (Å²) < 4.78 is 5.14. The zero-order valence-electron chi connectivity index (χ0n) is 16.7. The molecule has 0 aliphatic heterocycles. The van der Waals surface area contributed by atoms with Crippen molar-refractivity contribution in [1.29, 1.82) is 0 Å². The van der Waals surface area contributed by atoms with Gasteiger partial charge < -0.3 is 20.5 Å². The minimum atomic E-state index is -0.556. The molecule has 10 nitrogen and oxygen atoms in total. The van der Waals surface area contributed by atoms with Crippen LogP contribution in [0.25, 0.3) is 10.9 Å². The number of amides is 2. The summed E-state index contributed by atoms with van der Waals surface area (Å²) in [7, 11) is 0. The number of phenolic OH excluding ortho intramolecular Hbond substituents is 1. The second kappa shape index (κ2) is 10.0. The Labute approximate surface area is 184 Å². The summed E-state index contributed by atoms with van der Waals surface area (Å²) in [5.41, 5.74) is -0.117. The van der Waals surface area contributed by atoms with Gasteiger partial charge in [0.25, 0.3) is 5.91 Å². The predicted molar refractivity (Wildman–Crippen MR) is 121 cm³/mol. The third-order valence-corrected chi connectivity index (χ3v) is 4.50. The Hall–Kier alpha value is -3.47. The number of aromatic nitrogens is 3. The molecule has 2 amide bonds. The molecule has 3 rings (SSSR count). The highest BCUT2D eigenvalue weighted by molar-refractivity contribution is 7.19. The molecule has 0 atom stereocenters. The number of hydrogen-bond acceptors (Lipinski definition) is 9. The summed E-state index contributed by atoms with van der Waals surface area (Å²) in [6, 6.07) is 6.78. The maximum absolute atomic E-state index is 12.5. The van der Waals surface area contributed by atoms with E-state index in [0.717, 1.165) is 16.7 Å². The standard InChI is InChI=1S/C19H22N6O4S.CH4/c1-19(2,3)29-18(28)22-10-9-21-16-24-25-17(30-16)23-15(27)12-7-6-11-5-4-8-20-13(11)14(12)26;/h4-8,26H,9-10H2,1-3H3,(H,21,24)(H,22,28)(H,23,25,27);1H4. The number of pyridine rings is 1. The molecule has 2 aromatic heterocycles. The molecule has 3 aromatic rings. The molecule has 0 bridgehead atoms. The topological polar surface area (TPSA) is 138 Å². The Balaban J connectivity index is 0.00000341. The van der Waals surface area contributed by atoms with Gasteiger partial charge in [-0.05, 0) is 32.9 Å². The lowest BCUT2D eigenvalue weighted by molar-refractivity contribution is 0.0530. The second-order valence-electron chi connectivity index (χ2n) is 7.26. The maximum atomic E-state index is 12.5. The van der Waals surface area contributed by atoms with Gasteiger partial charge in [0.2, 0.25) is 10.3 Å². The van der Waals surface area contributed by atoms with Gasteiger partial charge in [-0.3, -0.25) is 15.1 Å². The maximum Gasteiger partial charge on any atom is 0.407 e. The summed E-state index contributed by atoms with van der Waals surface area (Å²) in [6.45, 7) is 6.09. The minimum absolute atomic E-state index is 0. The summed E-state index contributed by atoms with van der Waals surface area (Å²) in [5.74, 6) is -0.712. The van der Waals surface area contributed by atoms with Crippen molar-refractivity contribution in [1.82, 2.24) is 20.5 Å². The highest BCUT2D eigenvalue weighted by Crippen LogP contribution is 2.28. The monoisotopic (exact) mass is 446 g/mol. The Morgan fingerprint density at radius 3 is 2.61 bits per heavy atom. The quantitative estimate of drug-likeness (QED) is 0.421. The first-order chi connectivity index (χ1) is 14.2. The average molecular weight is 447 g/mol. The van der Waals surface area contributed by atoms with Gasteiger partial charge >= 0.3 is 6.09 Å². The number of carbonyl (C=O) groups is 2. The summed E-state index contributed by atoms with van der Waals surface area (Å²) in [6.07, 6.45) is 1.04. The number of rotatable bonds is 6. The Morgan fingerprint density at radius 2 is 1.87 bits per heavy atom. The number of fused-ring (bicyclic) bond motifs is 1. The molecule has 11 heteroatoms. The molecule has 0 saturated carbocycles. The number of nitrogens with one attached hydrogen (secondary N) is 3. The third kappa shape index (κ3) is 6.51. The molecule has 1 aromatic carbocycles. The van der Waals surface area contributed by atoms with Gasteiger partial charge in [0.15, 0.2) is 5.75 Å². The van der Waals surface area contributed by atoms with E-state index in [4.69, 9.17) is 4.74 Å². The minimum Gasteiger partial charge on any atom is -0.505 e. The van der Waals surface area contributed by atoms with Gasteiger partial charge in [-0.2, -0.15) is 0 Å². The van der Waals surface area contributed by atoms with E-state index >= 15 is 0 Å². The summed E-state index contributed by atoms with van der Waals surface area (Å²) >= 11 is 1.13. The van der Waals surface area contributed by atoms with E-state index in [-0.39, 0.29) is 23.9 Å². The van der Waals surface area contributed by atoms with E-state index in [1.165, 1.54) is 6.07 Å². The largest absolute Gasteiger partial charge is 0.505 e. The van der Waals surface area contributed by atoms with Gasteiger partial charge in [-0.1, -0.05) is 30.9 Å². The van der Waals surface area contributed by atoms with Crippen LogP contribution in [0.1, 0.15) is 38.6 Å². The molecule has 0 aliphatic carbocycles. The first-order valence-electron chi connectivity index (χ1n) is 9.15. The fraction of sp³-hybridized carbons (Fsp3) is 0.350. The van der Waals surface area contributed by atoms with Gasteiger partial charge in [-0.15, -0.1) is 10.2 Å². The number of aromatic hydroxyl groups is 1. The normalized spacial score (nSPS) is 10.8. The van der Waals surface area contributed by atoms with Crippen LogP contribution in [-0.2, 0) is 4.74 Å². The van der Waals surface area contributed by atoms with Crippen molar-refractivity contribution < 1.29 is 19.4 Å². The Kier molecular flexibility index (Phi) is 7.70. The molecule has 31 heavy (non-hydrogen) atoms. The smallest absolute Gasteiger partial charge is 0.407 e. The number of nitrogens with zero attached hydrogens (tertiary/aromatic N) is 3. The lowest BCUT2D eigenvalue weighted by Gasteiger charge is -2.19. The zero-order chi connectivity index (χ0) is 21.7. The molecule has 4 N–H and O–H groups in total. The SMILES string of the molecule is C.CC(C)(C)OC(=O)NCCNc1nnc(NC(=O)c2ccc3cccnc3c2O)s1. The van der Waals surface area contributed by atoms with Crippen LogP contribution >= 0.6 is 11.3 Å². The Bertz CT molecular complexity index is 1060. The molecular weight excluding hydrogens is 420 g/mol. The van der Waals surface area contributed by atoms with E-state index in [2.05, 4.69) is 31.1 Å². The van der Waals surface area contributed by atoms with Crippen LogP contribution in [0.3, 0.4) is 0 Å². The van der Waals surface area contributed by atoms with Gasteiger partial charge in [0.1, 0.15) is 11.1 Å². The van der Waals surface area contributed by atoms with E-state index in [0.29, 0.717) is 23.7 Å². The third-order valence-electron chi connectivity index (χ3n) is 3.71. The fourth-order valence-electron chi connectivity index (χ4n) is 2.47. The number of ether oxygens (including phenoxy) is 1. The van der Waals surface area contributed by atoms with Crippen LogP contribution in [0.5, 0.6) is 5.75 Å². The molecule has 0 aliphatic rings. The highest BCUT2D eigenvalue weighted by atomic mass is 32.1. The van der Waals surface area contributed by atoms with Crippen molar-refractivity contribution in [3.8, 4) is 5.75 Å². The van der Waals surface area contributed by atoms with Crippen molar-refractivity contribution in [3.63, 3.8) is 0 Å². The molecule has 0 fully saturated rings. The number of phenols is 1. The van der Waals surface area contributed by atoms with Crippen LogP contribution in [0.2, 0.25) is 0 Å². The number of hydrogen-bond donors (Lipinski definition) is 4. The van der Waals surface area contributed by atoms with Gasteiger partial charge in [0.05, 0.1) is 5.56 Å². The molecule has 0 unspecified atom stereocenters. The number of benzene rings is 1. The second-order valence-corrected chi connectivity index (χ2v) is 8.24. The fourth-order valence-corrected chi connectivity index (χ4v) is 3.14. The lowest BCUT2D eigenvalue weighted by atomic mass is 10.1. The summed E-state index contributed by atoms with van der Waals surface area (Å²) in [4.78, 5) is 28.2. The van der Waals surface area contributed by atoms with Crippen molar-refractivity contribution >= 4 is 44.5 Å². The molecule has 0 spiro atoms. The lowest BCUT2D eigenvalue weighted by Crippen LogP contribution is -2.34. The molecule has 2 heterocycles. The predicted octanol–water partition coefficient (Wildman–Crippen LogP) is 3.62. The van der Waals surface area contributed by atoms with Crippen LogP contribution < -0.4 is 16.0 Å². The average Bonchev–Trinajstić information content (AvgIpc) is 3.11. The number of carbonyl (C=O) groups excluding carboxylic acids is 2. The molecule has 166 valence electrons. The summed E-state index contributed by atoms with van der Waals surface area (Å²) in [5, 5.41) is 27.9. The van der Waals surface area contributed by atoms with E-state index < -0.39 is 17.6 Å².